The molecular formula is C16H33NO2. The van der Waals surface area contributed by atoms with Crippen molar-refractivity contribution in [1.82, 2.24) is 5.32 Å². The third-order valence-corrected chi connectivity index (χ3v) is 4.25. The van der Waals surface area contributed by atoms with E-state index < -0.39 is 5.60 Å². The molecule has 0 saturated heterocycles. The second-order valence-corrected chi connectivity index (χ2v) is 7.36. The monoisotopic (exact) mass is 271 g/mol. The Morgan fingerprint density at radius 2 is 1.74 bits per heavy atom. The lowest BCUT2D eigenvalue weighted by Crippen LogP contribution is -2.45. The first kappa shape index (κ1) is 16.9. The lowest BCUT2D eigenvalue weighted by Gasteiger charge is -2.40. The van der Waals surface area contributed by atoms with Crippen LogP contribution in [0.2, 0.25) is 0 Å². The zero-order chi connectivity index (χ0) is 14.4. The van der Waals surface area contributed by atoms with E-state index in [0.717, 1.165) is 51.9 Å². The Morgan fingerprint density at radius 3 is 2.32 bits per heavy atom. The molecular weight excluding hydrogens is 238 g/mol. The fourth-order valence-corrected chi connectivity index (χ4v) is 2.46. The van der Waals surface area contributed by atoms with Crippen molar-refractivity contribution in [2.75, 3.05) is 26.3 Å². The number of rotatable bonds is 8. The van der Waals surface area contributed by atoms with Crippen LogP contribution in [0.5, 0.6) is 0 Å². The molecule has 0 spiro atoms. The summed E-state index contributed by atoms with van der Waals surface area (Å²) in [6.45, 7) is 12.1. The van der Waals surface area contributed by atoms with E-state index in [0.29, 0.717) is 17.9 Å². The predicted molar refractivity (Wildman–Crippen MR) is 80.3 cm³/mol. The van der Waals surface area contributed by atoms with Crippen molar-refractivity contribution >= 4 is 0 Å². The van der Waals surface area contributed by atoms with Gasteiger partial charge in [-0.3, -0.25) is 0 Å². The first-order chi connectivity index (χ1) is 8.83. The Hall–Kier alpha value is -0.120. The number of ether oxygens (including phenoxy) is 1. The Morgan fingerprint density at radius 1 is 1.11 bits per heavy atom. The van der Waals surface area contributed by atoms with E-state index in [1.54, 1.807) is 0 Å². The standard InChI is InChI=1S/C16H33NO2/c1-14(2)5-11-19-12-10-17-13-16(18)8-6-15(3,4)7-9-16/h14,17-18H,5-13H2,1-4H3. The van der Waals surface area contributed by atoms with E-state index in [1.807, 2.05) is 0 Å². The SMILES string of the molecule is CC(C)CCOCCNCC1(O)CCC(C)(C)CC1. The second kappa shape index (κ2) is 7.61. The Labute approximate surface area is 119 Å². The highest BCUT2D eigenvalue weighted by molar-refractivity contribution is 4.90. The largest absolute Gasteiger partial charge is 0.389 e. The number of hydrogen-bond donors (Lipinski definition) is 2. The van der Waals surface area contributed by atoms with Crippen molar-refractivity contribution in [2.45, 2.75) is 65.4 Å². The van der Waals surface area contributed by atoms with Gasteiger partial charge in [-0.05, 0) is 43.4 Å². The summed E-state index contributed by atoms with van der Waals surface area (Å²) >= 11 is 0. The summed E-state index contributed by atoms with van der Waals surface area (Å²) in [6, 6.07) is 0. The van der Waals surface area contributed by atoms with Crippen molar-refractivity contribution in [2.24, 2.45) is 11.3 Å². The molecule has 0 radical (unpaired) electrons. The molecule has 0 heterocycles. The van der Waals surface area contributed by atoms with E-state index in [9.17, 15) is 5.11 Å². The van der Waals surface area contributed by atoms with Crippen LogP contribution < -0.4 is 5.32 Å². The van der Waals surface area contributed by atoms with Gasteiger partial charge in [-0.15, -0.1) is 0 Å². The summed E-state index contributed by atoms with van der Waals surface area (Å²) in [5.41, 5.74) is -0.0837. The van der Waals surface area contributed by atoms with Gasteiger partial charge in [0.05, 0.1) is 12.2 Å². The molecule has 1 aliphatic carbocycles. The molecule has 1 aliphatic rings. The Balaban J connectivity index is 2.03. The lowest BCUT2D eigenvalue weighted by molar-refractivity contribution is -0.0252. The van der Waals surface area contributed by atoms with Crippen LogP contribution >= 0.6 is 0 Å². The van der Waals surface area contributed by atoms with E-state index >= 15 is 0 Å². The van der Waals surface area contributed by atoms with Crippen LogP contribution in [0.15, 0.2) is 0 Å². The molecule has 1 rings (SSSR count). The summed E-state index contributed by atoms with van der Waals surface area (Å²) in [7, 11) is 0. The van der Waals surface area contributed by atoms with E-state index in [1.165, 1.54) is 0 Å². The van der Waals surface area contributed by atoms with Crippen molar-refractivity contribution in [1.29, 1.82) is 0 Å². The molecule has 0 amide bonds. The topological polar surface area (TPSA) is 41.5 Å². The quantitative estimate of drug-likeness (QED) is 0.667. The predicted octanol–water partition coefficient (Wildman–Crippen LogP) is 2.97. The molecule has 1 saturated carbocycles. The van der Waals surface area contributed by atoms with Crippen LogP contribution in [0.3, 0.4) is 0 Å². The minimum absolute atomic E-state index is 0.409. The van der Waals surface area contributed by atoms with Gasteiger partial charge in [0.1, 0.15) is 0 Å². The Bertz CT molecular complexity index is 241. The smallest absolute Gasteiger partial charge is 0.0772 e. The van der Waals surface area contributed by atoms with Gasteiger partial charge in [0.2, 0.25) is 0 Å². The van der Waals surface area contributed by atoms with Crippen molar-refractivity contribution in [3.05, 3.63) is 0 Å². The van der Waals surface area contributed by atoms with Gasteiger partial charge in [0.15, 0.2) is 0 Å². The molecule has 0 aromatic heterocycles. The maximum atomic E-state index is 10.5. The van der Waals surface area contributed by atoms with Gasteiger partial charge < -0.3 is 15.2 Å². The summed E-state index contributed by atoms with van der Waals surface area (Å²) < 4.78 is 5.56. The van der Waals surface area contributed by atoms with Crippen LogP contribution in [0.1, 0.15) is 59.8 Å². The Kier molecular flexibility index (Phi) is 6.78. The number of nitrogens with one attached hydrogen (secondary N) is 1. The van der Waals surface area contributed by atoms with E-state index in [2.05, 4.69) is 33.0 Å². The van der Waals surface area contributed by atoms with Crippen LogP contribution in [-0.4, -0.2) is 37.0 Å². The molecule has 0 bridgehead atoms. The summed E-state index contributed by atoms with van der Waals surface area (Å²) in [6.07, 6.45) is 5.20. The summed E-state index contributed by atoms with van der Waals surface area (Å²) in [5, 5.41) is 13.8. The molecule has 0 aromatic rings. The van der Waals surface area contributed by atoms with Crippen LogP contribution in [0, 0.1) is 11.3 Å². The van der Waals surface area contributed by atoms with Gasteiger partial charge in [-0.25, -0.2) is 0 Å². The van der Waals surface area contributed by atoms with Crippen LogP contribution in [0.25, 0.3) is 0 Å². The minimum Gasteiger partial charge on any atom is -0.389 e. The zero-order valence-electron chi connectivity index (χ0n) is 13.3. The van der Waals surface area contributed by atoms with Crippen molar-refractivity contribution in [3.8, 4) is 0 Å². The first-order valence-corrected chi connectivity index (χ1v) is 7.84. The highest BCUT2D eigenvalue weighted by Gasteiger charge is 2.36. The average molecular weight is 271 g/mol. The molecule has 19 heavy (non-hydrogen) atoms. The molecule has 114 valence electrons. The van der Waals surface area contributed by atoms with Gasteiger partial charge in [0, 0.05) is 19.7 Å². The molecule has 0 unspecified atom stereocenters. The summed E-state index contributed by atoms with van der Waals surface area (Å²) in [4.78, 5) is 0. The van der Waals surface area contributed by atoms with Gasteiger partial charge in [-0.1, -0.05) is 27.7 Å². The maximum Gasteiger partial charge on any atom is 0.0772 e. The molecule has 0 aliphatic heterocycles. The van der Waals surface area contributed by atoms with Gasteiger partial charge >= 0.3 is 0 Å². The third kappa shape index (κ3) is 7.28. The first-order valence-electron chi connectivity index (χ1n) is 7.84. The van der Waals surface area contributed by atoms with Crippen LogP contribution in [0.4, 0.5) is 0 Å². The van der Waals surface area contributed by atoms with E-state index in [4.69, 9.17) is 4.74 Å². The molecule has 2 N–H and O–H groups in total. The lowest BCUT2D eigenvalue weighted by atomic mass is 9.71. The van der Waals surface area contributed by atoms with Gasteiger partial charge in [0.25, 0.3) is 0 Å². The molecule has 3 heteroatoms. The molecule has 3 nitrogen and oxygen atoms in total. The average Bonchev–Trinajstić information content (AvgIpc) is 2.32. The van der Waals surface area contributed by atoms with Gasteiger partial charge in [-0.2, -0.15) is 0 Å². The van der Waals surface area contributed by atoms with Crippen LogP contribution in [-0.2, 0) is 4.74 Å². The molecule has 0 aromatic carbocycles. The highest BCUT2D eigenvalue weighted by Crippen LogP contribution is 2.39. The van der Waals surface area contributed by atoms with E-state index in [-0.39, 0.29) is 0 Å². The third-order valence-electron chi connectivity index (χ3n) is 4.25. The second-order valence-electron chi connectivity index (χ2n) is 7.36. The molecule has 1 fully saturated rings. The minimum atomic E-state index is -0.493. The van der Waals surface area contributed by atoms with Crippen molar-refractivity contribution < 1.29 is 9.84 Å². The number of hydrogen-bond acceptors (Lipinski definition) is 3. The highest BCUT2D eigenvalue weighted by atomic mass is 16.5. The van der Waals surface area contributed by atoms with Crippen molar-refractivity contribution in [3.63, 3.8) is 0 Å². The molecule has 0 atom stereocenters. The number of aliphatic hydroxyl groups is 1. The maximum absolute atomic E-state index is 10.5. The normalized spacial score (nSPS) is 21.8. The fourth-order valence-electron chi connectivity index (χ4n) is 2.46. The fraction of sp³-hybridized carbons (Fsp3) is 1.00. The zero-order valence-corrected chi connectivity index (χ0v) is 13.3. The summed E-state index contributed by atoms with van der Waals surface area (Å²) in [5.74, 6) is 0.708.